The lowest BCUT2D eigenvalue weighted by Crippen LogP contribution is -2.40. The summed E-state index contributed by atoms with van der Waals surface area (Å²) in [7, 11) is -1.57. The van der Waals surface area contributed by atoms with Crippen LogP contribution in [0.25, 0.3) is 0 Å². The maximum Gasteiger partial charge on any atom is 0.334 e. The average Bonchev–Trinajstić information content (AvgIpc) is 3.27. The molecular weight excluding hydrogens is 584 g/mol. The number of hydrogen-bond acceptors (Lipinski definition) is 10. The molecule has 3 heterocycles. The minimum Gasteiger partial charge on any atom is -0.497 e. The molecule has 1 saturated heterocycles. The second-order valence-electron chi connectivity index (χ2n) is 9.71. The van der Waals surface area contributed by atoms with Gasteiger partial charge >= 0.3 is 5.69 Å². The Hall–Kier alpha value is -4.49. The van der Waals surface area contributed by atoms with E-state index in [1.807, 2.05) is 12.1 Å². The fourth-order valence-electron chi connectivity index (χ4n) is 4.66. The predicted molar refractivity (Wildman–Crippen MR) is 159 cm³/mol. The van der Waals surface area contributed by atoms with E-state index in [2.05, 4.69) is 15.4 Å². The van der Waals surface area contributed by atoms with Gasteiger partial charge in [-0.2, -0.15) is 0 Å². The molecule has 1 N–H and O–H groups in total. The number of aromatic nitrogens is 3. The highest BCUT2D eigenvalue weighted by Crippen LogP contribution is 2.34. The van der Waals surface area contributed by atoms with Crippen molar-refractivity contribution in [3.8, 4) is 5.75 Å². The van der Waals surface area contributed by atoms with Gasteiger partial charge in [-0.25, -0.2) is 13.4 Å². The fourth-order valence-corrected chi connectivity index (χ4v) is 6.08. The number of carbonyl (C=O) groups is 1. The number of sulfone groups is 1. The molecule has 0 bridgehead atoms. The smallest absolute Gasteiger partial charge is 0.334 e. The molecule has 0 spiro atoms. The number of halogens is 1. The van der Waals surface area contributed by atoms with Gasteiger partial charge in [0.25, 0.3) is 0 Å². The summed E-state index contributed by atoms with van der Waals surface area (Å²) >= 11 is 6.31. The molecule has 0 unspecified atom stereocenters. The van der Waals surface area contributed by atoms with Crippen molar-refractivity contribution in [2.24, 2.45) is 0 Å². The van der Waals surface area contributed by atoms with Crippen LogP contribution in [0.15, 0.2) is 60.8 Å². The van der Waals surface area contributed by atoms with Crippen molar-refractivity contribution in [1.29, 1.82) is 0 Å². The molecule has 0 amide bonds. The fraction of sp³-hybridized carbons (Fsp3) is 0.250. The Kier molecular flexibility index (Phi) is 8.14. The summed E-state index contributed by atoms with van der Waals surface area (Å²) in [5, 5.41) is 19.9. The van der Waals surface area contributed by atoms with Crippen molar-refractivity contribution < 1.29 is 22.9 Å². The number of nitro groups is 1. The Bertz CT molecular complexity index is 1760. The van der Waals surface area contributed by atoms with Gasteiger partial charge in [0.05, 0.1) is 46.4 Å². The number of nitrogens with one attached hydrogen (secondary N) is 1. The third-order valence-electron chi connectivity index (χ3n) is 7.02. The largest absolute Gasteiger partial charge is 0.497 e. The maximum atomic E-state index is 13.6. The summed E-state index contributed by atoms with van der Waals surface area (Å²) in [4.78, 5) is 31.5. The highest BCUT2D eigenvalue weighted by Gasteiger charge is 2.29. The zero-order valence-electron chi connectivity index (χ0n) is 22.8. The molecule has 2 aromatic heterocycles. The van der Waals surface area contributed by atoms with Crippen LogP contribution in [0, 0.1) is 17.0 Å². The number of hydrogen-bond donors (Lipinski definition) is 1. The normalized spacial score (nSPS) is 14.4. The first-order valence-corrected chi connectivity index (χ1v) is 15.1. The van der Waals surface area contributed by atoms with Crippen molar-refractivity contribution in [3.63, 3.8) is 0 Å². The van der Waals surface area contributed by atoms with Gasteiger partial charge in [-0.3, -0.25) is 19.6 Å². The van der Waals surface area contributed by atoms with Gasteiger partial charge in [-0.05, 0) is 36.8 Å². The van der Waals surface area contributed by atoms with E-state index < -0.39 is 20.5 Å². The first-order valence-electron chi connectivity index (χ1n) is 12.9. The van der Waals surface area contributed by atoms with Gasteiger partial charge in [-0.15, -0.1) is 5.10 Å². The molecule has 4 aromatic rings. The van der Waals surface area contributed by atoms with Crippen molar-refractivity contribution in [2.45, 2.75) is 13.5 Å². The van der Waals surface area contributed by atoms with E-state index >= 15 is 0 Å². The Morgan fingerprint density at radius 1 is 1.12 bits per heavy atom. The molecule has 12 nitrogen and oxygen atoms in total. The zero-order valence-corrected chi connectivity index (χ0v) is 24.4. The van der Waals surface area contributed by atoms with Crippen LogP contribution >= 0.6 is 11.6 Å². The van der Waals surface area contributed by atoms with E-state index in [1.54, 1.807) is 61.4 Å². The summed E-state index contributed by atoms with van der Waals surface area (Å²) in [5.74, 6) is 0.536. The van der Waals surface area contributed by atoms with E-state index in [9.17, 15) is 23.3 Å². The molecule has 0 atom stereocenters. The molecule has 1 fully saturated rings. The first kappa shape index (κ1) is 29.0. The van der Waals surface area contributed by atoms with Crippen LogP contribution in [0.1, 0.15) is 27.2 Å². The Morgan fingerprint density at radius 3 is 2.45 bits per heavy atom. The van der Waals surface area contributed by atoms with Crippen molar-refractivity contribution in [2.75, 3.05) is 41.9 Å². The molecule has 218 valence electrons. The number of carbonyl (C=O) groups excluding carboxylic acids is 1. The third-order valence-corrected chi connectivity index (χ3v) is 8.96. The Labute approximate surface area is 247 Å². The standard InChI is InChI=1S/C28H27ClN6O6S/c1-18-26(35(37)38)28(32-34(18)17-19-7-9-20(41-2)10-8-19)31-24-15-25(33-11-13-42(39,40)14-12-33)30-16-22(24)27(36)21-5-3-4-6-23(21)29/h3-10,15-16H,11-14,17H2,1-2H3,(H,30,31,32). The number of benzene rings is 2. The summed E-state index contributed by atoms with van der Waals surface area (Å²) in [6, 6.07) is 15.4. The van der Waals surface area contributed by atoms with E-state index in [4.69, 9.17) is 16.3 Å². The number of pyridine rings is 1. The molecule has 1 aliphatic rings. The first-order chi connectivity index (χ1) is 20.1. The predicted octanol–water partition coefficient (Wildman–Crippen LogP) is 4.41. The number of ether oxygens (including phenoxy) is 1. The van der Waals surface area contributed by atoms with Gasteiger partial charge in [0.2, 0.25) is 5.82 Å². The SMILES string of the molecule is COc1ccc(Cn2nc(Nc3cc(N4CCS(=O)(=O)CC4)ncc3C(=O)c3ccccc3Cl)c([N+](=O)[O-])c2C)cc1. The molecule has 5 rings (SSSR count). The molecule has 2 aromatic carbocycles. The van der Waals surface area contributed by atoms with Crippen LogP contribution in [-0.4, -0.2) is 65.6 Å². The van der Waals surface area contributed by atoms with Crippen LogP contribution < -0.4 is 15.0 Å². The topological polar surface area (TPSA) is 150 Å². The second-order valence-corrected chi connectivity index (χ2v) is 12.4. The van der Waals surface area contributed by atoms with Gasteiger partial charge in [0, 0.05) is 30.9 Å². The van der Waals surface area contributed by atoms with E-state index in [1.165, 1.54) is 10.9 Å². The van der Waals surface area contributed by atoms with E-state index in [-0.39, 0.29) is 64.5 Å². The molecule has 42 heavy (non-hydrogen) atoms. The maximum absolute atomic E-state index is 13.6. The molecule has 0 radical (unpaired) electrons. The van der Waals surface area contributed by atoms with Crippen LogP contribution in [0.3, 0.4) is 0 Å². The lowest BCUT2D eigenvalue weighted by Gasteiger charge is -2.28. The number of ketones is 1. The molecular formula is C28H27ClN6O6S. The number of nitrogens with zero attached hydrogens (tertiary/aromatic N) is 5. The van der Waals surface area contributed by atoms with E-state index in [0.717, 1.165) is 5.56 Å². The molecule has 0 aliphatic carbocycles. The summed E-state index contributed by atoms with van der Waals surface area (Å²) in [6.07, 6.45) is 1.36. The molecule has 1 aliphatic heterocycles. The molecule has 0 saturated carbocycles. The molecule has 14 heteroatoms. The van der Waals surface area contributed by atoms with Crippen molar-refractivity contribution >= 4 is 50.2 Å². The lowest BCUT2D eigenvalue weighted by atomic mass is 10.0. The zero-order chi connectivity index (χ0) is 30.0. The van der Waals surface area contributed by atoms with Crippen LogP contribution in [0.2, 0.25) is 5.02 Å². The van der Waals surface area contributed by atoms with Crippen molar-refractivity contribution in [1.82, 2.24) is 14.8 Å². The highest BCUT2D eigenvalue weighted by atomic mass is 35.5. The highest BCUT2D eigenvalue weighted by molar-refractivity contribution is 7.91. The minimum absolute atomic E-state index is 0.0296. The van der Waals surface area contributed by atoms with Gasteiger partial charge in [0.1, 0.15) is 17.3 Å². The van der Waals surface area contributed by atoms with Crippen molar-refractivity contribution in [3.05, 3.63) is 98.3 Å². The lowest BCUT2D eigenvalue weighted by molar-refractivity contribution is -0.384. The Balaban J connectivity index is 1.55. The third kappa shape index (κ3) is 6.06. The average molecular weight is 611 g/mol. The quantitative estimate of drug-likeness (QED) is 0.164. The number of anilines is 3. The Morgan fingerprint density at radius 2 is 1.81 bits per heavy atom. The van der Waals surface area contributed by atoms with E-state index in [0.29, 0.717) is 17.3 Å². The summed E-state index contributed by atoms with van der Waals surface area (Å²) < 4.78 is 30.6. The monoisotopic (exact) mass is 610 g/mol. The second kappa shape index (κ2) is 11.8. The van der Waals surface area contributed by atoms with Gasteiger partial charge in [-0.1, -0.05) is 35.9 Å². The minimum atomic E-state index is -3.14. The summed E-state index contributed by atoms with van der Waals surface area (Å²) in [5.41, 5.74) is 1.49. The van der Waals surface area contributed by atoms with Gasteiger partial charge < -0.3 is 15.0 Å². The number of rotatable bonds is 9. The van der Waals surface area contributed by atoms with Crippen LogP contribution in [-0.2, 0) is 16.4 Å². The van der Waals surface area contributed by atoms with Gasteiger partial charge in [0.15, 0.2) is 15.6 Å². The summed E-state index contributed by atoms with van der Waals surface area (Å²) in [6.45, 7) is 2.31. The number of methoxy groups -OCH3 is 1. The van der Waals surface area contributed by atoms with Crippen LogP contribution in [0.4, 0.5) is 23.0 Å². The van der Waals surface area contributed by atoms with Crippen LogP contribution in [0.5, 0.6) is 5.75 Å².